The Kier molecular flexibility index (Phi) is 3.19. The number of thiazole rings is 1. The van der Waals surface area contributed by atoms with Gasteiger partial charge in [-0.2, -0.15) is 0 Å². The summed E-state index contributed by atoms with van der Waals surface area (Å²) in [5.74, 6) is -1.82. The average molecular weight is 240 g/mol. The molecule has 1 aliphatic carbocycles. The van der Waals surface area contributed by atoms with Gasteiger partial charge in [-0.1, -0.05) is 0 Å². The third kappa shape index (κ3) is 2.57. The Morgan fingerprint density at radius 3 is 2.94 bits per heavy atom. The Morgan fingerprint density at radius 2 is 2.38 bits per heavy atom. The molecule has 1 aromatic heterocycles. The first kappa shape index (κ1) is 11.1. The lowest BCUT2D eigenvalue weighted by Gasteiger charge is -2.02. The number of amides is 1. The van der Waals surface area contributed by atoms with Crippen LogP contribution >= 0.6 is 11.3 Å². The number of nitrogens with one attached hydrogen (secondary N) is 1. The van der Waals surface area contributed by atoms with Crippen molar-refractivity contribution >= 4 is 23.2 Å². The summed E-state index contributed by atoms with van der Waals surface area (Å²) in [4.78, 5) is 26.1. The number of hydrogen-bond acceptors (Lipinski definition) is 4. The number of aromatic nitrogens is 1. The monoisotopic (exact) mass is 240 g/mol. The summed E-state index contributed by atoms with van der Waals surface area (Å²) in [6, 6.07) is 0. The molecule has 16 heavy (non-hydrogen) atoms. The Morgan fingerprint density at radius 1 is 1.56 bits per heavy atom. The van der Waals surface area contributed by atoms with Gasteiger partial charge < -0.3 is 10.4 Å². The SMILES string of the molecule is O=C(O)C1CC1C(=O)NCCc1cscn1. The number of nitrogens with zero attached hydrogens (tertiary/aromatic N) is 1. The van der Waals surface area contributed by atoms with E-state index in [4.69, 9.17) is 5.11 Å². The van der Waals surface area contributed by atoms with E-state index in [-0.39, 0.29) is 11.8 Å². The molecule has 1 heterocycles. The van der Waals surface area contributed by atoms with Crippen LogP contribution in [0.15, 0.2) is 10.9 Å². The van der Waals surface area contributed by atoms with E-state index >= 15 is 0 Å². The molecule has 86 valence electrons. The molecule has 1 aliphatic rings. The van der Waals surface area contributed by atoms with E-state index in [0.29, 0.717) is 19.4 Å². The molecule has 2 unspecified atom stereocenters. The van der Waals surface area contributed by atoms with Crippen LogP contribution in [0.1, 0.15) is 12.1 Å². The first-order valence-electron chi connectivity index (χ1n) is 5.06. The van der Waals surface area contributed by atoms with Crippen LogP contribution < -0.4 is 5.32 Å². The molecule has 0 saturated heterocycles. The van der Waals surface area contributed by atoms with Crippen molar-refractivity contribution in [3.8, 4) is 0 Å². The van der Waals surface area contributed by atoms with Crippen molar-refractivity contribution in [2.45, 2.75) is 12.8 Å². The average Bonchev–Trinajstić information content (AvgIpc) is 2.90. The minimum absolute atomic E-state index is 0.150. The van der Waals surface area contributed by atoms with E-state index in [1.54, 1.807) is 5.51 Å². The lowest BCUT2D eigenvalue weighted by atomic mass is 10.3. The fraction of sp³-hybridized carbons (Fsp3) is 0.500. The molecule has 0 aliphatic heterocycles. The fourth-order valence-electron chi connectivity index (χ4n) is 1.56. The number of rotatable bonds is 5. The molecule has 6 heteroatoms. The molecule has 1 saturated carbocycles. The highest BCUT2D eigenvalue weighted by molar-refractivity contribution is 7.07. The molecule has 1 aromatic rings. The lowest BCUT2D eigenvalue weighted by molar-refractivity contribution is -0.140. The zero-order valence-electron chi connectivity index (χ0n) is 8.55. The van der Waals surface area contributed by atoms with Gasteiger partial charge in [0, 0.05) is 18.3 Å². The highest BCUT2D eigenvalue weighted by Crippen LogP contribution is 2.38. The van der Waals surface area contributed by atoms with Crippen molar-refractivity contribution in [2.24, 2.45) is 11.8 Å². The summed E-state index contributed by atoms with van der Waals surface area (Å²) in [7, 11) is 0. The quantitative estimate of drug-likeness (QED) is 0.786. The van der Waals surface area contributed by atoms with Crippen LogP contribution in [0.4, 0.5) is 0 Å². The van der Waals surface area contributed by atoms with Crippen molar-refractivity contribution in [1.29, 1.82) is 0 Å². The van der Waals surface area contributed by atoms with Crippen LogP contribution in [0.5, 0.6) is 0 Å². The van der Waals surface area contributed by atoms with E-state index in [1.165, 1.54) is 11.3 Å². The molecule has 2 rings (SSSR count). The van der Waals surface area contributed by atoms with Crippen molar-refractivity contribution in [1.82, 2.24) is 10.3 Å². The second-order valence-corrected chi connectivity index (χ2v) is 4.53. The van der Waals surface area contributed by atoms with Gasteiger partial charge in [0.25, 0.3) is 0 Å². The van der Waals surface area contributed by atoms with Crippen molar-refractivity contribution in [3.05, 3.63) is 16.6 Å². The molecule has 0 bridgehead atoms. The van der Waals surface area contributed by atoms with E-state index < -0.39 is 11.9 Å². The molecule has 1 fully saturated rings. The molecule has 2 atom stereocenters. The van der Waals surface area contributed by atoms with Gasteiger partial charge in [0.15, 0.2) is 0 Å². The molecule has 0 aromatic carbocycles. The van der Waals surface area contributed by atoms with Crippen molar-refractivity contribution in [3.63, 3.8) is 0 Å². The minimum atomic E-state index is -0.875. The van der Waals surface area contributed by atoms with E-state index in [9.17, 15) is 9.59 Å². The van der Waals surface area contributed by atoms with Crippen LogP contribution in [-0.2, 0) is 16.0 Å². The number of aliphatic carboxylic acids is 1. The second kappa shape index (κ2) is 4.61. The Balaban J connectivity index is 1.68. The molecule has 0 spiro atoms. The van der Waals surface area contributed by atoms with Gasteiger partial charge in [-0.25, -0.2) is 4.98 Å². The van der Waals surface area contributed by atoms with E-state index in [0.717, 1.165) is 5.69 Å². The number of carboxylic acids is 1. The van der Waals surface area contributed by atoms with Gasteiger partial charge in [-0.15, -0.1) is 11.3 Å². The van der Waals surface area contributed by atoms with Gasteiger partial charge in [0.1, 0.15) is 0 Å². The summed E-state index contributed by atoms with van der Waals surface area (Å²) in [5, 5.41) is 13.3. The van der Waals surface area contributed by atoms with Crippen LogP contribution in [0.2, 0.25) is 0 Å². The number of hydrogen-bond donors (Lipinski definition) is 2. The van der Waals surface area contributed by atoms with Gasteiger partial charge in [0.05, 0.1) is 23.0 Å². The predicted octanol–water partition coefficient (Wildman–Crippen LogP) is 0.522. The molecule has 1 amide bonds. The second-order valence-electron chi connectivity index (χ2n) is 3.81. The normalized spacial score (nSPS) is 22.8. The smallest absolute Gasteiger partial charge is 0.307 e. The maximum atomic E-state index is 11.5. The van der Waals surface area contributed by atoms with E-state index in [2.05, 4.69) is 10.3 Å². The molecule has 5 nitrogen and oxygen atoms in total. The maximum Gasteiger partial charge on any atom is 0.307 e. The van der Waals surface area contributed by atoms with Crippen LogP contribution in [0.3, 0.4) is 0 Å². The topological polar surface area (TPSA) is 79.3 Å². The molecular formula is C10H12N2O3S. The zero-order valence-corrected chi connectivity index (χ0v) is 9.37. The summed E-state index contributed by atoms with van der Waals surface area (Å²) >= 11 is 1.52. The summed E-state index contributed by atoms with van der Waals surface area (Å²) in [6.07, 6.45) is 1.16. The standard InChI is InChI=1S/C10H12N2O3S/c13-9(7-3-8(7)10(14)15)11-2-1-6-4-16-5-12-6/h4-5,7-8H,1-3H2,(H,11,13)(H,14,15). The fourth-order valence-corrected chi connectivity index (χ4v) is 2.16. The minimum Gasteiger partial charge on any atom is -0.481 e. The molecule has 2 N–H and O–H groups in total. The summed E-state index contributed by atoms with van der Waals surface area (Å²) in [6.45, 7) is 0.519. The number of carboxylic acid groups (broad SMARTS) is 1. The van der Waals surface area contributed by atoms with Crippen LogP contribution in [-0.4, -0.2) is 28.5 Å². The zero-order chi connectivity index (χ0) is 11.5. The highest BCUT2D eigenvalue weighted by atomic mass is 32.1. The van der Waals surface area contributed by atoms with E-state index in [1.807, 2.05) is 5.38 Å². The molecule has 0 radical (unpaired) electrons. The Labute approximate surface area is 96.5 Å². The summed E-state index contributed by atoms with van der Waals surface area (Å²) in [5.41, 5.74) is 2.70. The number of carbonyl (C=O) groups is 2. The van der Waals surface area contributed by atoms with Gasteiger partial charge >= 0.3 is 5.97 Å². The van der Waals surface area contributed by atoms with Crippen molar-refractivity contribution in [2.75, 3.05) is 6.54 Å². The first-order chi connectivity index (χ1) is 7.68. The van der Waals surface area contributed by atoms with Gasteiger partial charge in [-0.3, -0.25) is 9.59 Å². The third-order valence-electron chi connectivity index (χ3n) is 2.61. The van der Waals surface area contributed by atoms with Gasteiger partial charge in [-0.05, 0) is 6.42 Å². The Bertz CT molecular complexity index is 391. The van der Waals surface area contributed by atoms with Gasteiger partial charge in [0.2, 0.25) is 5.91 Å². The first-order valence-corrected chi connectivity index (χ1v) is 6.00. The van der Waals surface area contributed by atoms with Crippen LogP contribution in [0, 0.1) is 11.8 Å². The number of carbonyl (C=O) groups excluding carboxylic acids is 1. The van der Waals surface area contributed by atoms with Crippen molar-refractivity contribution < 1.29 is 14.7 Å². The summed E-state index contributed by atoms with van der Waals surface area (Å²) < 4.78 is 0. The predicted molar refractivity (Wildman–Crippen MR) is 58.1 cm³/mol. The largest absolute Gasteiger partial charge is 0.481 e. The maximum absolute atomic E-state index is 11.5. The molecular weight excluding hydrogens is 228 g/mol. The third-order valence-corrected chi connectivity index (χ3v) is 3.24. The Hall–Kier alpha value is -1.43. The van der Waals surface area contributed by atoms with Crippen LogP contribution in [0.25, 0.3) is 0 Å². The lowest BCUT2D eigenvalue weighted by Crippen LogP contribution is -2.28. The highest BCUT2D eigenvalue weighted by Gasteiger charge is 2.48.